The van der Waals surface area contributed by atoms with Crippen LogP contribution in [0.15, 0.2) is 18.2 Å². The lowest BCUT2D eigenvalue weighted by molar-refractivity contribution is -0.146. The van der Waals surface area contributed by atoms with Crippen LogP contribution in [0.3, 0.4) is 0 Å². The molecule has 8 nitrogen and oxygen atoms in total. The van der Waals surface area contributed by atoms with Gasteiger partial charge in [0.1, 0.15) is 6.04 Å². The number of rotatable bonds is 4. The molecule has 0 spiro atoms. The molecule has 0 saturated carbocycles. The Kier molecular flexibility index (Phi) is 4.98. The molecule has 2 aromatic rings. The molecule has 25 heavy (non-hydrogen) atoms. The highest BCUT2D eigenvalue weighted by atomic mass is 32.1. The van der Waals surface area contributed by atoms with Gasteiger partial charge in [-0.15, -0.1) is 0 Å². The first-order chi connectivity index (χ1) is 11.9. The van der Waals surface area contributed by atoms with E-state index in [2.05, 4.69) is 16.5 Å². The molecule has 1 N–H and O–H groups in total. The van der Waals surface area contributed by atoms with Crippen LogP contribution in [0.25, 0.3) is 5.69 Å². The predicted octanol–water partition coefficient (Wildman–Crippen LogP) is 0.981. The van der Waals surface area contributed by atoms with Crippen molar-refractivity contribution < 1.29 is 14.6 Å². The number of aliphatic hydroxyl groups excluding tert-OH is 1. The van der Waals surface area contributed by atoms with Gasteiger partial charge in [-0.3, -0.25) is 9.69 Å². The van der Waals surface area contributed by atoms with Crippen molar-refractivity contribution in [2.24, 2.45) is 0 Å². The number of aryl methyl sites for hydroxylation is 2. The van der Waals surface area contributed by atoms with Crippen molar-refractivity contribution in [1.29, 1.82) is 0 Å². The van der Waals surface area contributed by atoms with Crippen LogP contribution in [-0.2, 0) is 16.2 Å². The molecule has 0 aliphatic carbocycles. The maximum Gasteiger partial charge on any atom is 0.323 e. The van der Waals surface area contributed by atoms with Crippen molar-refractivity contribution >= 4 is 18.2 Å². The van der Waals surface area contributed by atoms with Gasteiger partial charge in [0.15, 0.2) is 0 Å². The Balaban J connectivity index is 1.86. The standard InChI is InChI=1S/C16H21N5O3S/c1-10-4-11(2)6-12(5-10)21-16(25)20(17-18-21)9-19-8-13(22)7-14(19)15(23)24-3/h4-6,13-14,22H,7-9H2,1-3H3/t13-,14-/m0/s1. The summed E-state index contributed by atoms with van der Waals surface area (Å²) in [5.41, 5.74) is 3.07. The lowest BCUT2D eigenvalue weighted by Gasteiger charge is -2.21. The number of hydrogen-bond acceptors (Lipinski definition) is 7. The molecule has 1 saturated heterocycles. The van der Waals surface area contributed by atoms with E-state index in [4.69, 9.17) is 17.0 Å². The summed E-state index contributed by atoms with van der Waals surface area (Å²) in [5.74, 6) is -0.371. The molecule has 3 rings (SSSR count). The number of carbonyl (C=O) groups is 1. The molecule has 9 heteroatoms. The average molecular weight is 363 g/mol. The summed E-state index contributed by atoms with van der Waals surface area (Å²) in [6.45, 7) is 4.65. The van der Waals surface area contributed by atoms with Crippen molar-refractivity contribution in [2.45, 2.75) is 39.1 Å². The van der Waals surface area contributed by atoms with Crippen LogP contribution in [0.5, 0.6) is 0 Å². The molecule has 134 valence electrons. The maximum atomic E-state index is 11.9. The number of benzene rings is 1. The summed E-state index contributed by atoms with van der Waals surface area (Å²) >= 11 is 5.49. The molecule has 2 heterocycles. The third-order valence-corrected chi connectivity index (χ3v) is 4.64. The molecule has 0 radical (unpaired) electrons. The Morgan fingerprint density at radius 1 is 1.32 bits per heavy atom. The van der Waals surface area contributed by atoms with Gasteiger partial charge in [-0.05, 0) is 59.8 Å². The van der Waals surface area contributed by atoms with E-state index >= 15 is 0 Å². The molecule has 1 aromatic heterocycles. The number of esters is 1. The van der Waals surface area contributed by atoms with Gasteiger partial charge < -0.3 is 9.84 Å². The second kappa shape index (κ2) is 7.03. The second-order valence-corrected chi connectivity index (χ2v) is 6.73. The van der Waals surface area contributed by atoms with Crippen LogP contribution in [0, 0.1) is 18.6 Å². The number of hydrogen-bond donors (Lipinski definition) is 1. The summed E-state index contributed by atoms with van der Waals surface area (Å²) in [6.07, 6.45) is -0.238. The van der Waals surface area contributed by atoms with Gasteiger partial charge in [-0.2, -0.15) is 4.68 Å². The number of methoxy groups -OCH3 is 1. The Bertz CT molecular complexity index is 826. The highest BCUT2D eigenvalue weighted by molar-refractivity contribution is 7.71. The lowest BCUT2D eigenvalue weighted by Crippen LogP contribution is -2.38. The summed E-state index contributed by atoms with van der Waals surface area (Å²) in [7, 11) is 1.34. The molecule has 2 atom stereocenters. The maximum absolute atomic E-state index is 11.9. The summed E-state index contributed by atoms with van der Waals surface area (Å²) < 4.78 is 8.37. The van der Waals surface area contributed by atoms with Crippen molar-refractivity contribution in [3.8, 4) is 5.69 Å². The minimum Gasteiger partial charge on any atom is -0.468 e. The molecule has 1 aliphatic heterocycles. The van der Waals surface area contributed by atoms with Gasteiger partial charge in [0.05, 0.1) is 25.6 Å². The fourth-order valence-electron chi connectivity index (χ4n) is 3.19. The van der Waals surface area contributed by atoms with Gasteiger partial charge in [0.2, 0.25) is 4.77 Å². The first-order valence-corrected chi connectivity index (χ1v) is 8.41. The second-order valence-electron chi connectivity index (χ2n) is 6.36. The van der Waals surface area contributed by atoms with Gasteiger partial charge >= 0.3 is 5.97 Å². The van der Waals surface area contributed by atoms with Crippen molar-refractivity contribution in [3.05, 3.63) is 34.1 Å². The molecule has 1 aromatic carbocycles. The van der Waals surface area contributed by atoms with E-state index < -0.39 is 12.1 Å². The topological polar surface area (TPSA) is 85.4 Å². The molecular formula is C16H21N5O3S. The van der Waals surface area contributed by atoms with Crippen LogP contribution >= 0.6 is 12.2 Å². The van der Waals surface area contributed by atoms with Gasteiger partial charge in [-0.1, -0.05) is 6.07 Å². The fraction of sp³-hybridized carbons (Fsp3) is 0.500. The van der Waals surface area contributed by atoms with Gasteiger partial charge in [0.25, 0.3) is 0 Å². The first-order valence-electron chi connectivity index (χ1n) is 8.00. The van der Waals surface area contributed by atoms with Crippen LogP contribution in [0.2, 0.25) is 0 Å². The van der Waals surface area contributed by atoms with Crippen molar-refractivity contribution in [1.82, 2.24) is 24.7 Å². The summed E-state index contributed by atoms with van der Waals surface area (Å²) in [6, 6.07) is 5.54. The Labute approximate surface area is 150 Å². The van der Waals surface area contributed by atoms with Gasteiger partial charge in [0, 0.05) is 13.0 Å². The Morgan fingerprint density at radius 2 is 2.00 bits per heavy atom. The highest BCUT2D eigenvalue weighted by Gasteiger charge is 2.37. The molecule has 0 unspecified atom stereocenters. The average Bonchev–Trinajstić information content (AvgIpc) is 3.09. The van der Waals surface area contributed by atoms with Gasteiger partial charge in [-0.25, -0.2) is 4.68 Å². The fourth-order valence-corrected chi connectivity index (χ4v) is 3.42. The number of likely N-dealkylation sites (tertiary alicyclic amines) is 1. The number of nitrogens with zero attached hydrogens (tertiary/aromatic N) is 5. The number of aliphatic hydroxyl groups is 1. The Morgan fingerprint density at radius 3 is 2.64 bits per heavy atom. The van der Waals surface area contributed by atoms with E-state index in [1.165, 1.54) is 7.11 Å². The highest BCUT2D eigenvalue weighted by Crippen LogP contribution is 2.20. The minimum absolute atomic E-state index is 0.264. The van der Waals surface area contributed by atoms with Crippen LogP contribution < -0.4 is 0 Å². The number of carbonyl (C=O) groups excluding carboxylic acids is 1. The predicted molar refractivity (Wildman–Crippen MR) is 92.8 cm³/mol. The zero-order chi connectivity index (χ0) is 18.1. The zero-order valence-electron chi connectivity index (χ0n) is 14.4. The third-order valence-electron chi connectivity index (χ3n) is 4.26. The van der Waals surface area contributed by atoms with E-state index in [0.717, 1.165) is 16.8 Å². The van der Waals surface area contributed by atoms with E-state index in [1.807, 2.05) is 26.0 Å². The summed E-state index contributed by atoms with van der Waals surface area (Å²) in [5, 5.41) is 18.1. The minimum atomic E-state index is -0.576. The van der Waals surface area contributed by atoms with Crippen molar-refractivity contribution in [3.63, 3.8) is 0 Å². The number of β-amino-alcohol motifs (C(OH)–C–C–N with tert-alkyl or cyclic N) is 1. The monoisotopic (exact) mass is 363 g/mol. The molecule has 0 amide bonds. The van der Waals surface area contributed by atoms with Crippen LogP contribution in [0.4, 0.5) is 0 Å². The van der Waals surface area contributed by atoms with Crippen molar-refractivity contribution in [2.75, 3.05) is 13.7 Å². The first kappa shape index (κ1) is 17.7. The third kappa shape index (κ3) is 3.63. The molecule has 1 fully saturated rings. The molecular weight excluding hydrogens is 342 g/mol. The zero-order valence-corrected chi connectivity index (χ0v) is 15.2. The number of ether oxygens (including phenoxy) is 1. The Hall–Kier alpha value is -2.10. The SMILES string of the molecule is COC(=O)[C@@H]1C[C@H](O)CN1Cn1nnn(-c2cc(C)cc(C)c2)c1=S. The molecule has 0 bridgehead atoms. The number of aromatic nitrogens is 4. The summed E-state index contributed by atoms with van der Waals surface area (Å²) in [4.78, 5) is 13.7. The normalized spacial score (nSPS) is 20.8. The van der Waals surface area contributed by atoms with Crippen LogP contribution in [-0.4, -0.2) is 61.6 Å². The lowest BCUT2D eigenvalue weighted by atomic mass is 10.1. The van der Waals surface area contributed by atoms with E-state index in [0.29, 0.717) is 17.7 Å². The smallest absolute Gasteiger partial charge is 0.323 e. The number of tetrazole rings is 1. The van der Waals surface area contributed by atoms with E-state index in [1.54, 1.807) is 14.3 Å². The molecule has 1 aliphatic rings. The van der Waals surface area contributed by atoms with E-state index in [9.17, 15) is 9.90 Å². The quantitative estimate of drug-likeness (QED) is 0.640. The van der Waals surface area contributed by atoms with E-state index in [-0.39, 0.29) is 12.6 Å². The van der Waals surface area contributed by atoms with Crippen LogP contribution in [0.1, 0.15) is 17.5 Å². The largest absolute Gasteiger partial charge is 0.468 e.